The smallest absolute Gasteiger partial charge is 0.255 e. The Balaban J connectivity index is 1.22. The minimum atomic E-state index is -0.0676. The highest BCUT2D eigenvalue weighted by Gasteiger charge is 2.23. The summed E-state index contributed by atoms with van der Waals surface area (Å²) in [4.78, 5) is 19.7. The van der Waals surface area contributed by atoms with Crippen LogP contribution in [0.5, 0.6) is 0 Å². The van der Waals surface area contributed by atoms with E-state index < -0.39 is 0 Å². The van der Waals surface area contributed by atoms with E-state index in [0.717, 1.165) is 30.5 Å². The maximum Gasteiger partial charge on any atom is 0.255 e. The van der Waals surface area contributed by atoms with Gasteiger partial charge in [0.2, 0.25) is 5.91 Å². The molecule has 1 fully saturated rings. The van der Waals surface area contributed by atoms with Gasteiger partial charge in [0.15, 0.2) is 5.82 Å². The Morgan fingerprint density at radius 3 is 3.12 bits per heavy atom. The number of hydrogen-bond acceptors (Lipinski definition) is 5. The molecule has 1 saturated heterocycles. The number of benzene rings is 1. The van der Waals surface area contributed by atoms with Gasteiger partial charge in [-0.25, -0.2) is 0 Å². The molecule has 2 N–H and O–H groups in total. The first-order valence-electron chi connectivity index (χ1n) is 9.05. The second-order valence-electron chi connectivity index (χ2n) is 6.51. The average molecular weight is 354 g/mol. The molecule has 3 heterocycles. The fraction of sp³-hybridized carbons (Fsp3) is 0.421. The van der Waals surface area contributed by atoms with Crippen LogP contribution >= 0.6 is 0 Å². The molecular weight excluding hydrogens is 332 g/mol. The third kappa shape index (κ3) is 3.77. The molecule has 0 spiro atoms. The number of aromatic nitrogens is 3. The lowest BCUT2D eigenvalue weighted by Gasteiger charge is -2.03. The van der Waals surface area contributed by atoms with Crippen LogP contribution in [0.1, 0.15) is 42.6 Å². The number of hydrogen-bond donors (Lipinski definition) is 2. The molecule has 136 valence electrons. The van der Waals surface area contributed by atoms with Crippen LogP contribution < -0.4 is 5.32 Å². The standard InChI is InChI=1S/C19H22N4O3/c24-18(8-7-13-12-21-15-5-2-1-4-14(13)15)20-10-9-17-22-19(26-23-17)16-6-3-11-25-16/h1-2,4-5,12,16,21H,3,6-11H2,(H,20,24)/t16-/m1/s1. The number of H-pyrrole nitrogens is 1. The number of aryl methyl sites for hydroxylation is 1. The van der Waals surface area contributed by atoms with E-state index >= 15 is 0 Å². The van der Waals surface area contributed by atoms with Crippen LogP contribution in [-0.2, 0) is 22.4 Å². The van der Waals surface area contributed by atoms with Crippen molar-refractivity contribution in [3.63, 3.8) is 0 Å². The Morgan fingerprint density at radius 2 is 2.23 bits per heavy atom. The zero-order valence-corrected chi connectivity index (χ0v) is 14.5. The molecule has 0 aliphatic carbocycles. The van der Waals surface area contributed by atoms with Gasteiger partial charge in [-0.05, 0) is 30.9 Å². The third-order valence-electron chi connectivity index (χ3n) is 4.66. The molecule has 0 radical (unpaired) electrons. The number of nitrogens with zero attached hydrogens (tertiary/aromatic N) is 2. The van der Waals surface area contributed by atoms with E-state index in [9.17, 15) is 4.79 Å². The number of carbonyl (C=O) groups excluding carboxylic acids is 1. The van der Waals surface area contributed by atoms with Crippen LogP contribution in [0.4, 0.5) is 0 Å². The molecule has 4 rings (SSSR count). The fourth-order valence-electron chi connectivity index (χ4n) is 3.26. The van der Waals surface area contributed by atoms with E-state index in [1.165, 1.54) is 5.39 Å². The maximum absolute atomic E-state index is 12.1. The molecule has 0 unspecified atom stereocenters. The zero-order valence-electron chi connectivity index (χ0n) is 14.5. The highest BCUT2D eigenvalue weighted by molar-refractivity contribution is 5.84. The lowest BCUT2D eigenvalue weighted by molar-refractivity contribution is -0.121. The van der Waals surface area contributed by atoms with Crippen molar-refractivity contribution in [2.75, 3.05) is 13.2 Å². The normalized spacial score (nSPS) is 17.0. The minimum absolute atomic E-state index is 0.0260. The molecule has 7 heteroatoms. The van der Waals surface area contributed by atoms with Gasteiger partial charge in [0.25, 0.3) is 5.89 Å². The second kappa shape index (κ2) is 7.70. The largest absolute Gasteiger partial charge is 0.368 e. The molecule has 7 nitrogen and oxygen atoms in total. The van der Waals surface area contributed by atoms with Crippen molar-refractivity contribution in [1.82, 2.24) is 20.4 Å². The topological polar surface area (TPSA) is 93.0 Å². The summed E-state index contributed by atoms with van der Waals surface area (Å²) in [6.07, 6.45) is 5.57. The van der Waals surface area contributed by atoms with Gasteiger partial charge in [-0.3, -0.25) is 4.79 Å². The van der Waals surface area contributed by atoms with E-state index in [0.29, 0.717) is 37.5 Å². The first-order chi connectivity index (χ1) is 12.8. The van der Waals surface area contributed by atoms with E-state index in [-0.39, 0.29) is 12.0 Å². The molecule has 1 atom stereocenters. The van der Waals surface area contributed by atoms with Crippen LogP contribution in [-0.4, -0.2) is 34.2 Å². The zero-order chi connectivity index (χ0) is 17.8. The van der Waals surface area contributed by atoms with Gasteiger partial charge in [-0.2, -0.15) is 4.98 Å². The quantitative estimate of drug-likeness (QED) is 0.680. The van der Waals surface area contributed by atoms with Crippen LogP contribution in [0.3, 0.4) is 0 Å². The first-order valence-corrected chi connectivity index (χ1v) is 9.05. The molecule has 1 aliphatic heterocycles. The van der Waals surface area contributed by atoms with Gasteiger partial charge in [0.1, 0.15) is 6.10 Å². The maximum atomic E-state index is 12.1. The summed E-state index contributed by atoms with van der Waals surface area (Å²) in [6.45, 7) is 1.24. The molecule has 2 aromatic heterocycles. The summed E-state index contributed by atoms with van der Waals surface area (Å²) >= 11 is 0. The molecular formula is C19H22N4O3. The van der Waals surface area contributed by atoms with Gasteiger partial charge < -0.3 is 19.6 Å². The highest BCUT2D eigenvalue weighted by Crippen LogP contribution is 2.26. The number of aromatic amines is 1. The molecule has 0 bridgehead atoms. The number of para-hydroxylation sites is 1. The minimum Gasteiger partial charge on any atom is -0.368 e. The Bertz CT molecular complexity index is 880. The monoisotopic (exact) mass is 354 g/mol. The van der Waals surface area contributed by atoms with Crippen LogP contribution in [0.2, 0.25) is 0 Å². The van der Waals surface area contributed by atoms with Crippen molar-refractivity contribution in [3.05, 3.63) is 47.7 Å². The molecule has 26 heavy (non-hydrogen) atoms. The first kappa shape index (κ1) is 16.8. The summed E-state index contributed by atoms with van der Waals surface area (Å²) in [5.74, 6) is 1.17. The SMILES string of the molecule is O=C(CCc1c[nH]c2ccccc12)NCCc1noc([C@H]2CCCO2)n1. The number of carbonyl (C=O) groups is 1. The number of ether oxygens (including phenoxy) is 1. The van der Waals surface area contributed by atoms with Gasteiger partial charge in [0, 0.05) is 43.1 Å². The fourth-order valence-corrected chi connectivity index (χ4v) is 3.26. The van der Waals surface area contributed by atoms with Crippen molar-refractivity contribution >= 4 is 16.8 Å². The van der Waals surface area contributed by atoms with E-state index in [4.69, 9.17) is 9.26 Å². The van der Waals surface area contributed by atoms with Gasteiger partial charge in [-0.1, -0.05) is 23.4 Å². The Morgan fingerprint density at radius 1 is 1.31 bits per heavy atom. The summed E-state index contributed by atoms with van der Waals surface area (Å²) in [5.41, 5.74) is 2.26. The predicted octanol–water partition coefficient (Wildman–Crippen LogP) is 2.69. The number of fused-ring (bicyclic) bond motifs is 1. The Hall–Kier alpha value is -2.67. The molecule has 1 aromatic carbocycles. The van der Waals surface area contributed by atoms with E-state index in [1.807, 2.05) is 24.4 Å². The highest BCUT2D eigenvalue weighted by atomic mass is 16.5. The van der Waals surface area contributed by atoms with Gasteiger partial charge in [0.05, 0.1) is 0 Å². The van der Waals surface area contributed by atoms with Crippen LogP contribution in [0.15, 0.2) is 35.0 Å². The summed E-state index contributed by atoms with van der Waals surface area (Å²) in [5, 5.41) is 8.05. The Kier molecular flexibility index (Phi) is 4.97. The number of rotatable bonds is 7. The second-order valence-corrected chi connectivity index (χ2v) is 6.51. The summed E-state index contributed by atoms with van der Waals surface area (Å²) < 4.78 is 10.8. The van der Waals surface area contributed by atoms with Crippen LogP contribution in [0.25, 0.3) is 10.9 Å². The van der Waals surface area contributed by atoms with E-state index in [1.54, 1.807) is 0 Å². The van der Waals surface area contributed by atoms with Crippen molar-refractivity contribution in [2.24, 2.45) is 0 Å². The molecule has 3 aromatic rings. The average Bonchev–Trinajstić information content (AvgIpc) is 3.40. The van der Waals surface area contributed by atoms with Crippen molar-refractivity contribution < 1.29 is 14.1 Å². The number of nitrogens with one attached hydrogen (secondary N) is 2. The van der Waals surface area contributed by atoms with Crippen LogP contribution in [0, 0.1) is 0 Å². The van der Waals surface area contributed by atoms with Gasteiger partial charge in [-0.15, -0.1) is 0 Å². The van der Waals surface area contributed by atoms with Crippen molar-refractivity contribution in [3.8, 4) is 0 Å². The molecule has 1 aliphatic rings. The summed E-state index contributed by atoms with van der Waals surface area (Å²) in [6, 6.07) is 8.11. The predicted molar refractivity (Wildman–Crippen MR) is 95.6 cm³/mol. The lowest BCUT2D eigenvalue weighted by atomic mass is 10.1. The van der Waals surface area contributed by atoms with Gasteiger partial charge >= 0.3 is 0 Å². The van der Waals surface area contributed by atoms with Crippen molar-refractivity contribution in [2.45, 2.75) is 38.2 Å². The molecule has 1 amide bonds. The summed E-state index contributed by atoms with van der Waals surface area (Å²) in [7, 11) is 0. The Labute approximate surface area is 151 Å². The number of amides is 1. The van der Waals surface area contributed by atoms with E-state index in [2.05, 4.69) is 26.5 Å². The van der Waals surface area contributed by atoms with Crippen molar-refractivity contribution in [1.29, 1.82) is 0 Å². The lowest BCUT2D eigenvalue weighted by Crippen LogP contribution is -2.26. The molecule has 0 saturated carbocycles. The third-order valence-corrected chi connectivity index (χ3v) is 4.66.